The van der Waals surface area contributed by atoms with Gasteiger partial charge in [-0.2, -0.15) is 30.1 Å². The van der Waals surface area contributed by atoms with Crippen LogP contribution in [0.4, 0.5) is 26.4 Å². The van der Waals surface area contributed by atoms with Crippen LogP contribution in [0.15, 0.2) is 97.6 Å². The number of nitrogens with two attached hydrogens (primary N) is 2. The number of ether oxygens (including phenoxy) is 6. The molecule has 0 saturated carbocycles. The second-order valence-corrected chi connectivity index (χ2v) is 24.3. The number of nitrogens with one attached hydrogen (secondary N) is 2. The molecule has 0 spiro atoms. The molecule has 0 aliphatic carbocycles. The first-order valence-corrected chi connectivity index (χ1v) is 30.8. The minimum atomic E-state index is -4.29. The van der Waals surface area contributed by atoms with Crippen LogP contribution in [-0.4, -0.2) is 164 Å². The number of esters is 2. The summed E-state index contributed by atoms with van der Waals surface area (Å²) >= 11 is 0. The summed E-state index contributed by atoms with van der Waals surface area (Å²) in [7, 11) is -5.64. The van der Waals surface area contributed by atoms with E-state index in [4.69, 9.17) is 53.5 Å². The van der Waals surface area contributed by atoms with Crippen LogP contribution in [0.2, 0.25) is 0 Å². The van der Waals surface area contributed by atoms with Crippen LogP contribution in [0, 0.1) is 54.8 Å². The number of benzene rings is 3. The molecule has 37 heteroatoms. The molecule has 0 amide bonds. The number of aromatic nitrogens is 8. The number of nitrogen functional groups attached to an aromatic ring is 2. The van der Waals surface area contributed by atoms with Crippen molar-refractivity contribution in [2.75, 3.05) is 38.9 Å². The molecule has 6 heterocycles. The summed E-state index contributed by atoms with van der Waals surface area (Å²) in [5.41, 5.74) is 8.56. The zero-order valence-corrected chi connectivity index (χ0v) is 54.0. The zero-order chi connectivity index (χ0) is 67.3. The summed E-state index contributed by atoms with van der Waals surface area (Å²) in [5.74, 6) is -0.849. The fourth-order valence-electron chi connectivity index (χ4n) is 8.71. The predicted octanol–water partition coefficient (Wildman–Crippen LogP) is 6.57. The number of nitrogens with zero attached hydrogens (tertiary/aromatic N) is 9. The van der Waals surface area contributed by atoms with Crippen molar-refractivity contribution in [2.45, 2.75) is 142 Å². The van der Waals surface area contributed by atoms with Gasteiger partial charge < -0.3 is 69.1 Å². The second kappa shape index (κ2) is 34.0. The first-order chi connectivity index (χ1) is 42.8. The maximum atomic E-state index is 15.9. The Labute approximate surface area is 563 Å². The molecule has 32 nitrogen and oxygen atoms in total. The van der Waals surface area contributed by atoms with E-state index in [0.29, 0.717) is 5.56 Å². The van der Waals surface area contributed by atoms with E-state index < -0.39 is 107 Å². The molecule has 2 fully saturated rings. The van der Waals surface area contributed by atoms with E-state index in [1.165, 1.54) is 75.0 Å². The fourth-order valence-corrected chi connectivity index (χ4v) is 11.3. The molecule has 7 aromatic rings. The summed E-state index contributed by atoms with van der Waals surface area (Å²) in [6.45, 7) is 12.6. The van der Waals surface area contributed by atoms with Gasteiger partial charge in [-0.25, -0.2) is 27.9 Å². The fraction of sp³-hybridized carbons (Fsp3) is 0.464. The molecule has 512 valence electrons. The Morgan fingerprint density at radius 2 is 1.12 bits per heavy atom. The van der Waals surface area contributed by atoms with Crippen LogP contribution in [0.25, 0.3) is 22.3 Å². The van der Waals surface area contributed by atoms with Crippen molar-refractivity contribution in [1.29, 1.82) is 0 Å². The van der Waals surface area contributed by atoms with E-state index in [2.05, 4.69) is 40.1 Å². The summed E-state index contributed by atoms with van der Waals surface area (Å²) in [6, 6.07) is 20.9. The van der Waals surface area contributed by atoms with Crippen LogP contribution in [0.1, 0.15) is 80.8 Å². The number of fused-ring (bicyclic) bond motifs is 2. The van der Waals surface area contributed by atoms with Crippen molar-refractivity contribution in [3.8, 4) is 23.3 Å². The molecular weight excluding hydrogens is 1300 g/mol. The summed E-state index contributed by atoms with van der Waals surface area (Å²) < 4.78 is 107. The number of nitro groups is 1. The number of rotatable bonds is 21. The number of aryl methyl sites for hydroxylation is 1. The number of methoxy groups -OCH3 is 2. The van der Waals surface area contributed by atoms with Gasteiger partial charge in [-0.15, -0.1) is 0 Å². The number of nitro benzene ring substituents is 1. The molecule has 2 aliphatic heterocycles. The van der Waals surface area contributed by atoms with Gasteiger partial charge in [-0.1, -0.05) is 62.0 Å². The van der Waals surface area contributed by atoms with Gasteiger partial charge in [0.25, 0.3) is 5.69 Å². The quantitative estimate of drug-likeness (QED) is 0.0163. The van der Waals surface area contributed by atoms with E-state index in [-0.39, 0.29) is 119 Å². The van der Waals surface area contributed by atoms with Crippen molar-refractivity contribution in [2.24, 2.45) is 0 Å². The van der Waals surface area contributed by atoms with Crippen molar-refractivity contribution in [3.63, 3.8) is 0 Å². The van der Waals surface area contributed by atoms with E-state index in [1.54, 1.807) is 101 Å². The largest absolute Gasteiger partial charge is 0.479 e. The normalized spacial score (nSPS) is 22.5. The first-order valence-electron chi connectivity index (χ1n) is 27.7. The van der Waals surface area contributed by atoms with Gasteiger partial charge in [0.1, 0.15) is 48.0 Å². The molecule has 2 unspecified atom stereocenters. The smallest absolute Gasteiger partial charge is 0.459 e. The summed E-state index contributed by atoms with van der Waals surface area (Å²) in [5, 5.41) is 45.0. The Balaban J connectivity index is 0.000000293. The van der Waals surface area contributed by atoms with E-state index in [1.807, 2.05) is 0 Å². The molecule has 2 aliphatic rings. The van der Waals surface area contributed by atoms with E-state index >= 15 is 4.39 Å². The first kappa shape index (κ1) is 78.6. The number of hydrogen-bond donors (Lipinski definition) is 8. The number of carbonyl (C=O) groups excluding carboxylic acids is 2. The van der Waals surface area contributed by atoms with Crippen molar-refractivity contribution in [3.05, 3.63) is 113 Å². The topological polar surface area (TPSA) is 439 Å². The second-order valence-electron chi connectivity index (χ2n) is 21.1. The molecule has 9 rings (SSSR count). The number of aliphatic hydroxyl groups excluding tert-OH is 3. The monoisotopic (exact) mass is 1380 g/mol. The van der Waals surface area contributed by atoms with Gasteiger partial charge in [-0.05, 0) is 86.6 Å². The van der Waals surface area contributed by atoms with E-state index in [9.17, 15) is 53.4 Å². The third-order valence-corrected chi connectivity index (χ3v) is 15.9. The SMILES string of the molecule is C.CC(C)OC(=O)[C@H](C)NP(=O)(O)Oc1ccccc1.COc1nc(N)nc2c1ncn2[C@@H]1O[C@H](CO)[C@@H](O)[C@@]1(C)F.COc1nc(N)nc2c1ncn2[C@@H]1O[C@H](COP(=O)(N[C@@H](C)C(=O)OC(C)C)Oc2ccccc2)[C@@H](O)[C@@]1(C)F.Cc1ccccc1[N+](=O)[O-].[Ar]. The van der Waals surface area contributed by atoms with Crippen LogP contribution >= 0.6 is 15.5 Å². The molecule has 2 saturated heterocycles. The van der Waals surface area contributed by atoms with Crippen molar-refractivity contribution >= 4 is 67.3 Å². The van der Waals surface area contributed by atoms with Gasteiger partial charge in [-0.3, -0.25) is 33.4 Å². The van der Waals surface area contributed by atoms with Crippen LogP contribution in [-0.2, 0) is 42.2 Å². The Bertz CT molecular complexity index is 3700. The molecular formula is C56H77ArF2N13O19P2. The molecule has 10 N–H and O–H groups in total. The third-order valence-electron chi connectivity index (χ3n) is 13.1. The van der Waals surface area contributed by atoms with Gasteiger partial charge in [0.2, 0.25) is 23.7 Å². The number of para-hydroxylation sites is 3. The van der Waals surface area contributed by atoms with Crippen LogP contribution in [0.3, 0.4) is 0 Å². The molecule has 4 aromatic heterocycles. The average molecular weight is 1380 g/mol. The van der Waals surface area contributed by atoms with E-state index in [0.717, 1.165) is 6.92 Å². The third kappa shape index (κ3) is 20.3. The number of aliphatic hydroxyl groups is 3. The number of hydrogen-bond acceptors (Lipinski definition) is 26. The molecule has 93 heavy (non-hydrogen) atoms. The minimum absolute atomic E-state index is 0. The average Bonchev–Trinajstić information content (AvgIpc) is 1.61. The minimum Gasteiger partial charge on any atom is -0.479 e. The Morgan fingerprint density at radius 1 is 0.710 bits per heavy atom. The number of halogens is 2. The molecule has 3 aromatic carbocycles. The molecule has 12 atom stereocenters. The number of carbonyl (C=O) groups is 2. The maximum absolute atomic E-state index is 15.9. The number of imidazole rings is 2. The predicted molar refractivity (Wildman–Crippen MR) is 328 cm³/mol. The summed E-state index contributed by atoms with van der Waals surface area (Å²) in [4.78, 5) is 67.6. The van der Waals surface area contributed by atoms with Crippen LogP contribution in [0.5, 0.6) is 23.3 Å². The maximum Gasteiger partial charge on any atom is 0.459 e. The number of anilines is 2. The van der Waals surface area contributed by atoms with Gasteiger partial charge >= 0.3 is 27.4 Å². The standard InChI is InChI=1S/C24H32FN6O8P.C12H16FN5O4.C12H18NO5P.C7H7NO2.CH4.Ar/c1-13(2)37-21(33)14(3)30-40(34,39-15-9-7-6-8-10-15)36-11-16-18(32)24(4,25)22(38-16)31-12-27-17-19(31)28-23(26)29-20(17)35-5;1-12(13)7(20)5(3-19)22-10(12)18-4-15-6-8(18)16-11(14)17-9(6)21-2;1-9(2)17-12(14)10(3)13-19(15,16)18-11-7-5-4-6-8-11;1-6-4-2-3-5-7(6)8(9)10;;/h6-10,12-14,16,18,22,32H,11H2,1-5H3,(H,30,34)(H2,26,28,29);4-5,7,10,19-20H,3H2,1-2H3,(H2,14,16,17);4-10H,1-3H3,(H2,13,15,16);2-5H,1H3;1H4;/t14-,16+,18+,22+,24+,40?;5-,7-,10-,12-;10-;;;/m010.../s1. The Kier molecular flexibility index (Phi) is 28.7. The molecule has 0 bridgehead atoms. The number of alkyl halides is 2. The van der Waals surface area contributed by atoms with Gasteiger partial charge in [0.15, 0.2) is 46.1 Å². The summed E-state index contributed by atoms with van der Waals surface area (Å²) in [6.07, 6.45) is -6.36. The van der Waals surface area contributed by atoms with Crippen molar-refractivity contribution < 1.29 is 132 Å². The molecule has 0 radical (unpaired) electrons. The zero-order valence-electron chi connectivity index (χ0n) is 51.5. The van der Waals surface area contributed by atoms with Crippen LogP contribution < -0.4 is 40.2 Å². The van der Waals surface area contributed by atoms with Gasteiger partial charge in [0.05, 0.1) is 57.2 Å². The Hall–Kier alpha value is -6.88. The van der Waals surface area contributed by atoms with Gasteiger partial charge in [0, 0.05) is 49.4 Å². The van der Waals surface area contributed by atoms with Crippen molar-refractivity contribution in [1.82, 2.24) is 49.2 Å². The Morgan fingerprint density at radius 3 is 1.52 bits per heavy atom.